The first-order valence-corrected chi connectivity index (χ1v) is 9.51. The fourth-order valence-electron chi connectivity index (χ4n) is 3.28. The molecule has 3 heterocycles. The topological polar surface area (TPSA) is 77.0 Å². The molecule has 6 nitrogen and oxygen atoms in total. The van der Waals surface area contributed by atoms with Gasteiger partial charge >= 0.3 is 0 Å². The van der Waals surface area contributed by atoms with Crippen LogP contribution >= 0.6 is 11.3 Å². The second-order valence-electron chi connectivity index (χ2n) is 6.57. The van der Waals surface area contributed by atoms with Gasteiger partial charge in [0.15, 0.2) is 0 Å². The molecule has 0 saturated carbocycles. The molecule has 0 aliphatic carbocycles. The van der Waals surface area contributed by atoms with Gasteiger partial charge in [0.05, 0.1) is 0 Å². The monoisotopic (exact) mass is 367 g/mol. The second-order valence-corrected chi connectivity index (χ2v) is 7.69. The number of thiazole rings is 1. The number of fused-ring (bicyclic) bond motifs is 1. The highest BCUT2D eigenvalue weighted by molar-refractivity contribution is 7.15. The zero-order valence-corrected chi connectivity index (χ0v) is 15.5. The lowest BCUT2D eigenvalue weighted by molar-refractivity contribution is 0.0995. The van der Waals surface area contributed by atoms with Crippen LogP contribution in [0.3, 0.4) is 0 Å². The number of hydrogen-bond acceptors (Lipinski definition) is 5. The molecule has 1 aromatic carbocycles. The highest BCUT2D eigenvalue weighted by Crippen LogP contribution is 2.28. The highest BCUT2D eigenvalue weighted by Gasteiger charge is 2.18. The fourth-order valence-corrected chi connectivity index (χ4v) is 4.33. The Morgan fingerprint density at radius 2 is 2.12 bits per heavy atom. The molecule has 1 aliphatic heterocycles. The Morgan fingerprint density at radius 1 is 1.27 bits per heavy atom. The Kier molecular flexibility index (Phi) is 4.57. The van der Waals surface area contributed by atoms with E-state index in [0.29, 0.717) is 5.69 Å². The van der Waals surface area contributed by atoms with Gasteiger partial charge in [0, 0.05) is 55.4 Å². The molecule has 0 fully saturated rings. The predicted molar refractivity (Wildman–Crippen MR) is 102 cm³/mol. The lowest BCUT2D eigenvalue weighted by Gasteiger charge is -2.18. The largest absolute Gasteiger partial charge is 0.364 e. The van der Waals surface area contributed by atoms with Gasteiger partial charge in [-0.2, -0.15) is 0 Å². The van der Waals surface area contributed by atoms with E-state index < -0.39 is 5.91 Å². The molecule has 0 spiro atoms. The third kappa shape index (κ3) is 3.40. The van der Waals surface area contributed by atoms with Crippen LogP contribution in [-0.4, -0.2) is 38.4 Å². The molecule has 2 N–H and O–H groups in total. The van der Waals surface area contributed by atoms with E-state index in [4.69, 9.17) is 5.73 Å². The first-order valence-electron chi connectivity index (χ1n) is 8.69. The molecular formula is C19H21N5OS. The molecule has 0 bridgehead atoms. The summed E-state index contributed by atoms with van der Waals surface area (Å²) in [5.74, 6) is 0.474. The van der Waals surface area contributed by atoms with Crippen LogP contribution in [-0.2, 0) is 19.5 Å². The second kappa shape index (κ2) is 7.01. The number of aryl methyl sites for hydroxylation is 1. The van der Waals surface area contributed by atoms with E-state index in [0.717, 1.165) is 43.4 Å². The third-order valence-electron chi connectivity index (χ3n) is 4.73. The molecule has 0 atom stereocenters. The van der Waals surface area contributed by atoms with Gasteiger partial charge in [0.25, 0.3) is 5.91 Å². The smallest absolute Gasteiger partial charge is 0.268 e. The number of primary amides is 1. The van der Waals surface area contributed by atoms with Gasteiger partial charge in [-0.15, -0.1) is 11.3 Å². The number of benzene rings is 1. The molecule has 3 aromatic rings. The molecule has 0 radical (unpaired) electrons. The van der Waals surface area contributed by atoms with Crippen molar-refractivity contribution in [3.8, 4) is 10.6 Å². The number of imidazole rings is 1. The Hall–Kier alpha value is -2.51. The van der Waals surface area contributed by atoms with E-state index in [1.807, 2.05) is 10.8 Å². The summed E-state index contributed by atoms with van der Waals surface area (Å²) >= 11 is 1.76. The van der Waals surface area contributed by atoms with E-state index in [1.165, 1.54) is 16.0 Å². The molecule has 1 aliphatic rings. The predicted octanol–water partition coefficient (Wildman–Crippen LogP) is 2.47. The van der Waals surface area contributed by atoms with E-state index in [2.05, 4.69) is 46.1 Å². The average Bonchev–Trinajstić information content (AvgIpc) is 3.21. The number of carbonyl (C=O) groups is 1. The van der Waals surface area contributed by atoms with Crippen LogP contribution in [0.2, 0.25) is 0 Å². The average molecular weight is 367 g/mol. The zero-order valence-electron chi connectivity index (χ0n) is 14.7. The van der Waals surface area contributed by atoms with Crippen LogP contribution in [0.25, 0.3) is 10.6 Å². The van der Waals surface area contributed by atoms with Crippen molar-refractivity contribution >= 4 is 17.2 Å². The van der Waals surface area contributed by atoms with Crippen molar-refractivity contribution in [3.05, 3.63) is 58.6 Å². The summed E-state index contributed by atoms with van der Waals surface area (Å²) in [6, 6.07) is 8.35. The van der Waals surface area contributed by atoms with Crippen molar-refractivity contribution in [2.45, 2.75) is 26.4 Å². The summed E-state index contributed by atoms with van der Waals surface area (Å²) in [5.41, 5.74) is 8.14. The van der Waals surface area contributed by atoms with Crippen LogP contribution in [0.15, 0.2) is 36.7 Å². The van der Waals surface area contributed by atoms with Crippen molar-refractivity contribution in [1.29, 1.82) is 0 Å². The Labute approximate surface area is 156 Å². The lowest BCUT2D eigenvalue weighted by atomic mass is 10.1. The third-order valence-corrected chi connectivity index (χ3v) is 5.74. The van der Waals surface area contributed by atoms with E-state index in [-0.39, 0.29) is 0 Å². The van der Waals surface area contributed by atoms with Gasteiger partial charge < -0.3 is 10.3 Å². The SMILES string of the molecule is Cc1ccccc1-c1ncc(CN2CCc3nc(C(N)=O)cn3CC2)s1. The van der Waals surface area contributed by atoms with Crippen LogP contribution in [0, 0.1) is 6.92 Å². The minimum absolute atomic E-state index is 0.360. The molecule has 7 heteroatoms. The number of nitrogens with zero attached hydrogens (tertiary/aromatic N) is 4. The molecule has 0 unspecified atom stereocenters. The van der Waals surface area contributed by atoms with Crippen molar-refractivity contribution in [1.82, 2.24) is 19.4 Å². The first kappa shape index (κ1) is 16.9. The van der Waals surface area contributed by atoms with Crippen molar-refractivity contribution < 1.29 is 4.79 Å². The maximum absolute atomic E-state index is 11.3. The van der Waals surface area contributed by atoms with Crippen LogP contribution in [0.4, 0.5) is 0 Å². The summed E-state index contributed by atoms with van der Waals surface area (Å²) in [7, 11) is 0. The van der Waals surface area contributed by atoms with Gasteiger partial charge in [-0.05, 0) is 12.5 Å². The standard InChI is InChI=1S/C19H21N5OS/c1-13-4-2-3-5-15(13)19-21-10-14(26-19)11-23-7-6-17-22-16(18(20)25)12-24(17)9-8-23/h2-5,10,12H,6-9,11H2,1H3,(H2,20,25). The van der Waals surface area contributed by atoms with E-state index >= 15 is 0 Å². The minimum atomic E-state index is -0.462. The number of nitrogens with two attached hydrogens (primary N) is 1. The summed E-state index contributed by atoms with van der Waals surface area (Å²) in [4.78, 5) is 23.9. The summed E-state index contributed by atoms with van der Waals surface area (Å²) in [6.07, 6.45) is 4.57. The maximum atomic E-state index is 11.3. The van der Waals surface area contributed by atoms with Crippen molar-refractivity contribution in [2.75, 3.05) is 13.1 Å². The molecular weight excluding hydrogens is 346 g/mol. The minimum Gasteiger partial charge on any atom is -0.364 e. The van der Waals surface area contributed by atoms with Crippen molar-refractivity contribution in [2.24, 2.45) is 5.73 Å². The van der Waals surface area contributed by atoms with Gasteiger partial charge in [-0.1, -0.05) is 24.3 Å². The van der Waals surface area contributed by atoms with Crippen molar-refractivity contribution in [3.63, 3.8) is 0 Å². The highest BCUT2D eigenvalue weighted by atomic mass is 32.1. The number of amides is 1. The van der Waals surface area contributed by atoms with Gasteiger partial charge in [-0.25, -0.2) is 9.97 Å². The molecule has 0 saturated heterocycles. The molecule has 1 amide bonds. The van der Waals surface area contributed by atoms with Crippen LogP contribution < -0.4 is 5.73 Å². The Morgan fingerprint density at radius 3 is 2.92 bits per heavy atom. The first-order chi connectivity index (χ1) is 12.6. The van der Waals surface area contributed by atoms with E-state index in [1.54, 1.807) is 17.5 Å². The molecule has 26 heavy (non-hydrogen) atoms. The van der Waals surface area contributed by atoms with E-state index in [9.17, 15) is 4.79 Å². The Bertz CT molecular complexity index is 920. The van der Waals surface area contributed by atoms with Gasteiger partial charge in [0.1, 0.15) is 16.5 Å². The normalized spacial score (nSPS) is 14.8. The summed E-state index contributed by atoms with van der Waals surface area (Å²) in [5, 5.41) is 1.08. The summed E-state index contributed by atoms with van der Waals surface area (Å²) in [6.45, 7) is 5.65. The van der Waals surface area contributed by atoms with Gasteiger partial charge in [-0.3, -0.25) is 9.69 Å². The molecule has 134 valence electrons. The van der Waals surface area contributed by atoms with Gasteiger partial charge in [0.2, 0.25) is 0 Å². The number of hydrogen-bond donors (Lipinski definition) is 1. The fraction of sp³-hybridized carbons (Fsp3) is 0.316. The molecule has 2 aromatic heterocycles. The van der Waals surface area contributed by atoms with Crippen LogP contribution in [0.1, 0.15) is 26.8 Å². The summed E-state index contributed by atoms with van der Waals surface area (Å²) < 4.78 is 2.05. The number of rotatable bonds is 4. The number of aromatic nitrogens is 3. The molecule has 4 rings (SSSR count). The lowest BCUT2D eigenvalue weighted by Crippen LogP contribution is -2.26. The zero-order chi connectivity index (χ0) is 18.1. The van der Waals surface area contributed by atoms with Crippen LogP contribution in [0.5, 0.6) is 0 Å². The quantitative estimate of drug-likeness (QED) is 0.768. The Balaban J connectivity index is 1.43. The maximum Gasteiger partial charge on any atom is 0.268 e. The number of carbonyl (C=O) groups excluding carboxylic acids is 1.